The molecule has 168 valence electrons. The van der Waals surface area contributed by atoms with Crippen LogP contribution in [-0.2, 0) is 18.3 Å². The fourth-order valence-electron chi connectivity index (χ4n) is 3.88. The van der Waals surface area contributed by atoms with Gasteiger partial charge in [-0.25, -0.2) is 4.98 Å². The number of amides is 1. The highest BCUT2D eigenvalue weighted by Crippen LogP contribution is 2.25. The molecule has 3 heterocycles. The minimum absolute atomic E-state index is 0.105. The Bertz CT molecular complexity index is 1130. The Hall–Kier alpha value is -3.19. The normalized spacial score (nSPS) is 14.6. The van der Waals surface area contributed by atoms with Gasteiger partial charge in [0.25, 0.3) is 5.91 Å². The van der Waals surface area contributed by atoms with Crippen LogP contribution in [0.1, 0.15) is 52.6 Å². The lowest BCUT2D eigenvalue weighted by Gasteiger charge is -2.24. The molecule has 1 fully saturated rings. The first kappa shape index (κ1) is 22.0. The zero-order valence-corrected chi connectivity index (χ0v) is 19.3. The molecule has 32 heavy (non-hydrogen) atoms. The lowest BCUT2D eigenvalue weighted by Crippen LogP contribution is -2.31. The summed E-state index contributed by atoms with van der Waals surface area (Å²) in [6.45, 7) is 9.96. The maximum absolute atomic E-state index is 13.1. The van der Waals surface area contributed by atoms with E-state index in [-0.39, 0.29) is 11.8 Å². The van der Waals surface area contributed by atoms with Crippen molar-refractivity contribution in [1.29, 1.82) is 0 Å². The Labute approximate surface area is 189 Å². The van der Waals surface area contributed by atoms with Crippen LogP contribution in [0.3, 0.4) is 0 Å². The lowest BCUT2D eigenvalue weighted by molar-refractivity contribution is 0.0597. The number of ether oxygens (including phenoxy) is 1. The molecule has 2 aromatic heterocycles. The third kappa shape index (κ3) is 4.83. The molecule has 1 aliphatic heterocycles. The second-order valence-corrected chi connectivity index (χ2v) is 8.55. The van der Waals surface area contributed by atoms with E-state index < -0.39 is 0 Å². The molecule has 1 aromatic carbocycles. The highest BCUT2D eigenvalue weighted by atomic mass is 16.5. The van der Waals surface area contributed by atoms with Gasteiger partial charge in [0.1, 0.15) is 0 Å². The van der Waals surface area contributed by atoms with Gasteiger partial charge in [-0.2, -0.15) is 5.10 Å². The first-order valence-electron chi connectivity index (χ1n) is 11.1. The largest absolute Gasteiger partial charge is 0.378 e. The number of hydrogen-bond donors (Lipinski definition) is 1. The van der Waals surface area contributed by atoms with Crippen molar-refractivity contribution in [3.63, 3.8) is 0 Å². The van der Waals surface area contributed by atoms with E-state index >= 15 is 0 Å². The summed E-state index contributed by atoms with van der Waals surface area (Å²) >= 11 is 0. The summed E-state index contributed by atoms with van der Waals surface area (Å²) in [5, 5.41) is 8.36. The Kier molecular flexibility index (Phi) is 6.55. The minimum Gasteiger partial charge on any atom is -0.378 e. The predicted octanol–water partition coefficient (Wildman–Crippen LogP) is 3.63. The van der Waals surface area contributed by atoms with Crippen LogP contribution in [0.15, 0.2) is 36.5 Å². The van der Waals surface area contributed by atoms with Crippen LogP contribution in [-0.4, -0.2) is 51.9 Å². The van der Waals surface area contributed by atoms with Crippen molar-refractivity contribution < 1.29 is 9.53 Å². The van der Waals surface area contributed by atoms with Crippen molar-refractivity contribution in [2.75, 3.05) is 26.3 Å². The summed E-state index contributed by atoms with van der Waals surface area (Å²) < 4.78 is 7.12. The fourth-order valence-corrected chi connectivity index (χ4v) is 3.88. The van der Waals surface area contributed by atoms with Crippen molar-refractivity contribution in [3.8, 4) is 0 Å². The molecule has 0 radical (unpaired) electrons. The van der Waals surface area contributed by atoms with Gasteiger partial charge < -0.3 is 15.0 Å². The Morgan fingerprint density at radius 3 is 2.62 bits per heavy atom. The number of nitrogens with zero attached hydrogens (tertiary/aromatic N) is 4. The molecule has 1 saturated heterocycles. The predicted molar refractivity (Wildman–Crippen MR) is 126 cm³/mol. The average Bonchev–Trinajstić information content (AvgIpc) is 3.10. The number of carbonyl (C=O) groups is 1. The lowest BCUT2D eigenvalue weighted by atomic mass is 10.0. The molecule has 1 N–H and O–H groups in total. The van der Waals surface area contributed by atoms with Crippen molar-refractivity contribution in [1.82, 2.24) is 25.0 Å². The molecule has 0 bridgehead atoms. The van der Waals surface area contributed by atoms with E-state index in [9.17, 15) is 4.79 Å². The van der Waals surface area contributed by atoms with E-state index in [4.69, 9.17) is 9.72 Å². The molecule has 4 rings (SSSR count). The molecule has 0 saturated carbocycles. The number of morpholine rings is 1. The van der Waals surface area contributed by atoms with Crippen molar-refractivity contribution in [2.24, 2.45) is 7.05 Å². The maximum Gasteiger partial charge on any atom is 0.252 e. The number of hydrogen-bond acceptors (Lipinski definition) is 5. The zero-order valence-electron chi connectivity index (χ0n) is 19.3. The number of pyridine rings is 1. The first-order valence-corrected chi connectivity index (χ1v) is 11.1. The van der Waals surface area contributed by atoms with E-state index in [1.54, 1.807) is 4.68 Å². The van der Waals surface area contributed by atoms with Crippen LogP contribution in [0.5, 0.6) is 0 Å². The molecule has 0 unspecified atom stereocenters. The van der Waals surface area contributed by atoms with Gasteiger partial charge in [0.05, 0.1) is 29.9 Å². The van der Waals surface area contributed by atoms with Crippen LogP contribution < -0.4 is 5.32 Å². The number of aromatic nitrogens is 3. The van der Waals surface area contributed by atoms with E-state index in [0.29, 0.717) is 12.1 Å². The summed E-state index contributed by atoms with van der Waals surface area (Å²) in [5.74, 6) is 0.117. The fraction of sp³-hybridized carbons (Fsp3) is 0.400. The van der Waals surface area contributed by atoms with E-state index in [0.717, 1.165) is 59.9 Å². The summed E-state index contributed by atoms with van der Waals surface area (Å²) in [6, 6.07) is 10.2. The Morgan fingerprint density at radius 2 is 1.94 bits per heavy atom. The number of rotatable bonds is 6. The highest BCUT2D eigenvalue weighted by Gasteiger charge is 2.19. The second kappa shape index (κ2) is 9.53. The summed E-state index contributed by atoms with van der Waals surface area (Å²) in [4.78, 5) is 20.1. The molecule has 0 aliphatic carbocycles. The third-order valence-corrected chi connectivity index (χ3v) is 5.78. The number of benzene rings is 1. The quantitative estimate of drug-likeness (QED) is 0.643. The van der Waals surface area contributed by atoms with Gasteiger partial charge in [0.2, 0.25) is 0 Å². The number of aryl methyl sites for hydroxylation is 2. The number of nitrogens with one attached hydrogen (secondary N) is 1. The minimum atomic E-state index is -0.105. The van der Waals surface area contributed by atoms with Crippen molar-refractivity contribution in [3.05, 3.63) is 64.6 Å². The highest BCUT2D eigenvalue weighted by molar-refractivity contribution is 6.06. The van der Waals surface area contributed by atoms with Crippen LogP contribution in [0.2, 0.25) is 0 Å². The molecule has 0 spiro atoms. The summed E-state index contributed by atoms with van der Waals surface area (Å²) in [6.07, 6.45) is 4.23. The Balaban J connectivity index is 1.45. The van der Waals surface area contributed by atoms with Crippen LogP contribution in [0.4, 0.5) is 0 Å². The monoisotopic (exact) mass is 433 g/mol. The molecule has 1 aliphatic rings. The van der Waals surface area contributed by atoms with Gasteiger partial charge in [-0.1, -0.05) is 38.1 Å². The van der Waals surface area contributed by atoms with E-state index in [1.165, 1.54) is 0 Å². The maximum atomic E-state index is 13.1. The first-order chi connectivity index (χ1) is 15.4. The molecule has 1 amide bonds. The molecule has 0 atom stereocenters. The topological polar surface area (TPSA) is 72.3 Å². The second-order valence-electron chi connectivity index (χ2n) is 8.55. The van der Waals surface area contributed by atoms with Crippen LogP contribution in [0, 0.1) is 6.92 Å². The third-order valence-electron chi connectivity index (χ3n) is 5.78. The number of fused-ring (bicyclic) bond motifs is 1. The number of carbonyl (C=O) groups excluding carboxylic acids is 1. The Morgan fingerprint density at radius 1 is 1.22 bits per heavy atom. The molecule has 7 heteroatoms. The summed E-state index contributed by atoms with van der Waals surface area (Å²) in [7, 11) is 1.86. The molecular weight excluding hydrogens is 402 g/mol. The SMILES string of the molecule is Cc1nn(C)c2nc(C(C)C)cc(C(=O)NCc3ccc(C=CN4CCOCC4)cc3)c12. The van der Waals surface area contributed by atoms with Crippen LogP contribution >= 0.6 is 0 Å². The zero-order chi connectivity index (χ0) is 22.7. The standard InChI is InChI=1S/C25H31N5O2/c1-17(2)22-15-21(23-18(3)28-29(4)24(23)27-22)25(31)26-16-20-7-5-19(6-8-20)9-10-30-11-13-32-14-12-30/h5-10,15,17H,11-14,16H2,1-4H3,(H,26,31). The van der Waals surface area contributed by atoms with Crippen molar-refractivity contribution >= 4 is 23.0 Å². The van der Waals surface area contributed by atoms with Gasteiger partial charge in [0, 0.05) is 32.4 Å². The van der Waals surface area contributed by atoms with E-state index in [1.807, 2.05) is 20.0 Å². The smallest absolute Gasteiger partial charge is 0.252 e. The molecular formula is C25H31N5O2. The van der Waals surface area contributed by atoms with Gasteiger partial charge in [-0.05, 0) is 42.3 Å². The molecule has 7 nitrogen and oxygen atoms in total. The van der Waals surface area contributed by atoms with Crippen LogP contribution in [0.25, 0.3) is 17.1 Å². The van der Waals surface area contributed by atoms with Gasteiger partial charge in [-0.3, -0.25) is 9.48 Å². The van der Waals surface area contributed by atoms with Gasteiger partial charge >= 0.3 is 0 Å². The summed E-state index contributed by atoms with van der Waals surface area (Å²) in [5.41, 5.74) is 5.27. The van der Waals surface area contributed by atoms with Gasteiger partial charge in [-0.15, -0.1) is 0 Å². The van der Waals surface area contributed by atoms with Crippen molar-refractivity contribution in [2.45, 2.75) is 33.2 Å². The average molecular weight is 434 g/mol. The van der Waals surface area contributed by atoms with E-state index in [2.05, 4.69) is 65.7 Å². The molecule has 3 aromatic rings. The van der Waals surface area contributed by atoms with Gasteiger partial charge in [0.15, 0.2) is 5.65 Å².